The van der Waals surface area contributed by atoms with Crippen LogP contribution in [0.15, 0.2) is 36.0 Å². The molecule has 0 bridgehead atoms. The van der Waals surface area contributed by atoms with Crippen molar-refractivity contribution >= 4 is 29.1 Å². The molecule has 1 fully saturated rings. The van der Waals surface area contributed by atoms with Gasteiger partial charge in [-0.2, -0.15) is 0 Å². The van der Waals surface area contributed by atoms with Crippen molar-refractivity contribution in [1.29, 1.82) is 0 Å². The number of nitrogens with zero attached hydrogens (tertiary/aromatic N) is 4. The SMILES string of the molecule is Cc1ncc(/C(O)=C2\C(=O)C(=O)N(CCCN(C)C)C2c2cccc(Cl)c2)c(C)n1. The Morgan fingerprint density at radius 1 is 1.27 bits per heavy atom. The van der Waals surface area contributed by atoms with E-state index in [0.29, 0.717) is 40.6 Å². The molecule has 0 spiro atoms. The fourth-order valence-electron chi connectivity index (χ4n) is 3.65. The number of carbonyl (C=O) groups is 2. The zero-order valence-electron chi connectivity index (χ0n) is 17.5. The summed E-state index contributed by atoms with van der Waals surface area (Å²) < 4.78 is 0. The first kappa shape index (κ1) is 21.9. The van der Waals surface area contributed by atoms with Crippen molar-refractivity contribution in [3.63, 3.8) is 0 Å². The van der Waals surface area contributed by atoms with Gasteiger partial charge in [0.15, 0.2) is 0 Å². The number of carbonyl (C=O) groups excluding carboxylic acids is 2. The molecule has 1 unspecified atom stereocenters. The molecule has 1 aromatic carbocycles. The summed E-state index contributed by atoms with van der Waals surface area (Å²) in [6.45, 7) is 4.61. The molecule has 0 saturated carbocycles. The van der Waals surface area contributed by atoms with Gasteiger partial charge in [-0.05, 0) is 58.6 Å². The first-order chi connectivity index (χ1) is 14.2. The minimum Gasteiger partial charge on any atom is -0.507 e. The van der Waals surface area contributed by atoms with Gasteiger partial charge in [0.2, 0.25) is 0 Å². The number of benzene rings is 1. The van der Waals surface area contributed by atoms with Crippen LogP contribution in [-0.2, 0) is 9.59 Å². The van der Waals surface area contributed by atoms with Crippen molar-refractivity contribution < 1.29 is 14.7 Å². The average Bonchev–Trinajstić information content (AvgIpc) is 2.92. The fourth-order valence-corrected chi connectivity index (χ4v) is 3.85. The van der Waals surface area contributed by atoms with E-state index in [1.165, 1.54) is 11.1 Å². The lowest BCUT2D eigenvalue weighted by Crippen LogP contribution is -2.32. The van der Waals surface area contributed by atoms with Gasteiger partial charge in [-0.3, -0.25) is 9.59 Å². The van der Waals surface area contributed by atoms with Crippen LogP contribution in [0.5, 0.6) is 0 Å². The number of amides is 1. The highest BCUT2D eigenvalue weighted by molar-refractivity contribution is 6.46. The Labute approximate surface area is 181 Å². The predicted octanol–water partition coefficient (Wildman–Crippen LogP) is 3.12. The van der Waals surface area contributed by atoms with Crippen LogP contribution in [0.2, 0.25) is 5.02 Å². The van der Waals surface area contributed by atoms with E-state index in [1.54, 1.807) is 38.1 Å². The highest BCUT2D eigenvalue weighted by Crippen LogP contribution is 2.40. The van der Waals surface area contributed by atoms with Gasteiger partial charge in [-0.15, -0.1) is 0 Å². The maximum Gasteiger partial charge on any atom is 0.295 e. The van der Waals surface area contributed by atoms with E-state index in [9.17, 15) is 14.7 Å². The second kappa shape index (κ2) is 8.93. The van der Waals surface area contributed by atoms with E-state index in [1.807, 2.05) is 19.0 Å². The Morgan fingerprint density at radius 2 is 2.00 bits per heavy atom. The van der Waals surface area contributed by atoms with Gasteiger partial charge < -0.3 is 14.9 Å². The summed E-state index contributed by atoms with van der Waals surface area (Å²) in [4.78, 5) is 37.8. The summed E-state index contributed by atoms with van der Waals surface area (Å²) in [5.41, 5.74) is 1.56. The van der Waals surface area contributed by atoms with Crippen LogP contribution >= 0.6 is 11.6 Å². The van der Waals surface area contributed by atoms with Gasteiger partial charge in [-0.1, -0.05) is 23.7 Å². The second-order valence-corrected chi connectivity index (χ2v) is 8.06. The number of hydrogen-bond acceptors (Lipinski definition) is 6. The zero-order valence-corrected chi connectivity index (χ0v) is 18.3. The maximum atomic E-state index is 13.0. The molecule has 158 valence electrons. The minimum absolute atomic E-state index is 0.0303. The van der Waals surface area contributed by atoms with Crippen LogP contribution in [0.4, 0.5) is 0 Å². The van der Waals surface area contributed by atoms with Crippen LogP contribution in [0.25, 0.3) is 5.76 Å². The first-order valence-corrected chi connectivity index (χ1v) is 10.1. The number of aliphatic hydroxyl groups is 1. The Hall–Kier alpha value is -2.77. The molecule has 0 radical (unpaired) electrons. The summed E-state index contributed by atoms with van der Waals surface area (Å²) >= 11 is 6.18. The topological polar surface area (TPSA) is 86.6 Å². The lowest BCUT2D eigenvalue weighted by atomic mass is 9.95. The van der Waals surface area contributed by atoms with Crippen LogP contribution < -0.4 is 0 Å². The molecule has 1 amide bonds. The number of aliphatic hydroxyl groups excluding tert-OH is 1. The molecular formula is C22H25ClN4O3. The monoisotopic (exact) mass is 428 g/mol. The molecule has 3 rings (SSSR count). The maximum absolute atomic E-state index is 13.0. The standard InChI is InChI=1S/C22H25ClN4O3/c1-13-17(12-24-14(2)25-13)20(28)18-19(15-7-5-8-16(23)11-15)27(22(30)21(18)29)10-6-9-26(3)4/h5,7-8,11-12,19,28H,6,9-10H2,1-4H3/b20-18+. The Bertz CT molecular complexity index is 1020. The van der Waals surface area contributed by atoms with Crippen LogP contribution in [0.1, 0.15) is 35.1 Å². The van der Waals surface area contributed by atoms with E-state index in [0.717, 1.165) is 6.54 Å². The third-order valence-corrected chi connectivity index (χ3v) is 5.30. The largest absolute Gasteiger partial charge is 0.507 e. The summed E-state index contributed by atoms with van der Waals surface area (Å²) in [5, 5.41) is 11.6. The Kier molecular flexibility index (Phi) is 6.53. The van der Waals surface area contributed by atoms with Crippen LogP contribution in [0, 0.1) is 13.8 Å². The molecule has 0 aliphatic carbocycles. The predicted molar refractivity (Wildman–Crippen MR) is 115 cm³/mol. The lowest BCUT2D eigenvalue weighted by Gasteiger charge is -2.26. The van der Waals surface area contributed by atoms with E-state index in [-0.39, 0.29) is 11.3 Å². The van der Waals surface area contributed by atoms with Crippen molar-refractivity contribution in [1.82, 2.24) is 19.8 Å². The van der Waals surface area contributed by atoms with E-state index in [4.69, 9.17) is 11.6 Å². The lowest BCUT2D eigenvalue weighted by molar-refractivity contribution is -0.139. The second-order valence-electron chi connectivity index (χ2n) is 7.62. The van der Waals surface area contributed by atoms with Gasteiger partial charge in [0.1, 0.15) is 11.6 Å². The summed E-state index contributed by atoms with van der Waals surface area (Å²) in [6, 6.07) is 6.27. The molecular weight excluding hydrogens is 404 g/mol. The minimum atomic E-state index is -0.730. The normalized spacial score (nSPS) is 18.5. The number of aryl methyl sites for hydroxylation is 2. The van der Waals surface area contributed by atoms with Crippen LogP contribution in [-0.4, -0.2) is 63.7 Å². The third-order valence-electron chi connectivity index (χ3n) is 5.06. The first-order valence-electron chi connectivity index (χ1n) is 9.70. The molecule has 2 aromatic rings. The van der Waals surface area contributed by atoms with Gasteiger partial charge >= 0.3 is 0 Å². The van der Waals surface area contributed by atoms with Gasteiger partial charge in [0.25, 0.3) is 11.7 Å². The van der Waals surface area contributed by atoms with Gasteiger partial charge in [0.05, 0.1) is 22.9 Å². The Balaban J connectivity index is 2.13. The van der Waals surface area contributed by atoms with Crippen molar-refractivity contribution in [2.75, 3.05) is 27.2 Å². The highest BCUT2D eigenvalue weighted by Gasteiger charge is 2.46. The highest BCUT2D eigenvalue weighted by atomic mass is 35.5. The summed E-state index contributed by atoms with van der Waals surface area (Å²) in [7, 11) is 3.89. The number of ketones is 1. The molecule has 7 nitrogen and oxygen atoms in total. The third kappa shape index (κ3) is 4.37. The number of aromatic nitrogens is 2. The molecule has 1 aromatic heterocycles. The molecule has 1 N–H and O–H groups in total. The van der Waals surface area contributed by atoms with E-state index < -0.39 is 17.7 Å². The Morgan fingerprint density at radius 3 is 2.63 bits per heavy atom. The van der Waals surface area contributed by atoms with Gasteiger partial charge in [-0.25, -0.2) is 9.97 Å². The van der Waals surface area contributed by atoms with Crippen molar-refractivity contribution in [3.05, 3.63) is 63.7 Å². The van der Waals surface area contributed by atoms with E-state index >= 15 is 0 Å². The quantitative estimate of drug-likeness (QED) is 0.432. The molecule has 30 heavy (non-hydrogen) atoms. The van der Waals surface area contributed by atoms with Gasteiger partial charge in [0, 0.05) is 17.8 Å². The fraction of sp³-hybridized carbons (Fsp3) is 0.364. The zero-order chi connectivity index (χ0) is 22.0. The molecule has 1 aliphatic rings. The molecule has 2 heterocycles. The molecule has 1 atom stereocenters. The number of Topliss-reactive ketones (excluding diaryl/α,β-unsaturated/α-hetero) is 1. The number of rotatable bonds is 6. The number of likely N-dealkylation sites (tertiary alicyclic amines) is 1. The van der Waals surface area contributed by atoms with Crippen molar-refractivity contribution in [3.8, 4) is 0 Å². The smallest absolute Gasteiger partial charge is 0.295 e. The molecule has 1 aliphatic heterocycles. The molecule has 8 heteroatoms. The van der Waals surface area contributed by atoms with Crippen LogP contribution in [0.3, 0.4) is 0 Å². The summed E-state index contributed by atoms with van der Waals surface area (Å²) in [6.07, 6.45) is 2.16. The summed E-state index contributed by atoms with van der Waals surface area (Å²) in [5.74, 6) is -1.07. The average molecular weight is 429 g/mol. The number of halogens is 1. The van der Waals surface area contributed by atoms with E-state index in [2.05, 4.69) is 9.97 Å². The molecule has 1 saturated heterocycles. The number of hydrogen-bond donors (Lipinski definition) is 1. The van der Waals surface area contributed by atoms with Crippen molar-refractivity contribution in [2.45, 2.75) is 26.3 Å². The van der Waals surface area contributed by atoms with Crippen molar-refractivity contribution in [2.24, 2.45) is 0 Å².